The molecule has 0 aromatic heterocycles. The molecule has 0 amide bonds. The van der Waals surface area contributed by atoms with Gasteiger partial charge < -0.3 is 5.32 Å². The Morgan fingerprint density at radius 1 is 1.29 bits per heavy atom. The quantitative estimate of drug-likeness (QED) is 0.816. The van der Waals surface area contributed by atoms with E-state index in [1.54, 1.807) is 6.08 Å². The second kappa shape index (κ2) is 7.39. The van der Waals surface area contributed by atoms with Crippen LogP contribution in [0.25, 0.3) is 0 Å². The van der Waals surface area contributed by atoms with E-state index in [1.165, 1.54) is 0 Å². The van der Waals surface area contributed by atoms with Crippen molar-refractivity contribution in [1.29, 1.82) is 0 Å². The van der Waals surface area contributed by atoms with Gasteiger partial charge in [0.2, 0.25) is 0 Å². The molecule has 21 heavy (non-hydrogen) atoms. The van der Waals surface area contributed by atoms with Crippen molar-refractivity contribution >= 4 is 11.7 Å². The van der Waals surface area contributed by atoms with Crippen LogP contribution in [0, 0.1) is 0 Å². The van der Waals surface area contributed by atoms with Crippen LogP contribution in [0.1, 0.15) is 25.8 Å². The minimum Gasteiger partial charge on any atom is -0.329 e. The van der Waals surface area contributed by atoms with Gasteiger partial charge in [-0.15, -0.1) is 0 Å². The van der Waals surface area contributed by atoms with E-state index >= 15 is 0 Å². The van der Waals surface area contributed by atoms with Crippen LogP contribution in [0.5, 0.6) is 0 Å². The number of nitrogens with zero attached hydrogens (tertiary/aromatic N) is 2. The zero-order chi connectivity index (χ0) is 15.1. The number of hydrogen-bond acceptors (Lipinski definition) is 3. The maximum absolute atomic E-state index is 4.74. The lowest BCUT2D eigenvalue weighted by atomic mass is 10.1. The molecule has 0 saturated heterocycles. The smallest absolute Gasteiger partial charge is 0.169 e. The fourth-order valence-corrected chi connectivity index (χ4v) is 2.14. The zero-order valence-corrected chi connectivity index (χ0v) is 12.6. The summed E-state index contributed by atoms with van der Waals surface area (Å²) >= 11 is 0. The van der Waals surface area contributed by atoms with Gasteiger partial charge in [0.25, 0.3) is 0 Å². The fourth-order valence-electron chi connectivity index (χ4n) is 2.14. The lowest BCUT2D eigenvalue weighted by Gasteiger charge is -2.20. The Kier molecular flexibility index (Phi) is 5.27. The molecule has 1 unspecified atom stereocenters. The first-order valence-corrected chi connectivity index (χ1v) is 7.18. The van der Waals surface area contributed by atoms with Gasteiger partial charge in [-0.3, -0.25) is 0 Å². The van der Waals surface area contributed by atoms with E-state index in [4.69, 9.17) is 4.99 Å². The summed E-state index contributed by atoms with van der Waals surface area (Å²) in [5.41, 5.74) is 2.16. The highest BCUT2D eigenvalue weighted by Gasteiger charge is 2.17. The van der Waals surface area contributed by atoms with Gasteiger partial charge in [0.05, 0.1) is 0 Å². The lowest BCUT2D eigenvalue weighted by molar-refractivity contribution is 0.807. The first kappa shape index (κ1) is 15.0. The predicted octanol–water partition coefficient (Wildman–Crippen LogP) is 3.86. The van der Waals surface area contributed by atoms with Crippen LogP contribution >= 0.6 is 0 Å². The van der Waals surface area contributed by atoms with Crippen LogP contribution in [0.2, 0.25) is 0 Å². The summed E-state index contributed by atoms with van der Waals surface area (Å²) in [6.07, 6.45) is 8.62. The summed E-state index contributed by atoms with van der Waals surface area (Å²) in [6.45, 7) is 7.79. The van der Waals surface area contributed by atoms with Crippen LogP contribution in [-0.2, 0) is 0 Å². The van der Waals surface area contributed by atoms with Crippen molar-refractivity contribution in [3.8, 4) is 0 Å². The number of nitrogens with one attached hydrogen (secondary N) is 1. The van der Waals surface area contributed by atoms with E-state index in [0.717, 1.165) is 29.2 Å². The minimum atomic E-state index is -0.197. The zero-order valence-electron chi connectivity index (χ0n) is 12.6. The Morgan fingerprint density at radius 2 is 2.05 bits per heavy atom. The number of allylic oxidation sites excluding steroid dienone is 3. The molecule has 1 N–H and O–H groups in total. The van der Waals surface area contributed by atoms with Crippen molar-refractivity contribution in [2.45, 2.75) is 26.4 Å². The molecule has 0 fully saturated rings. The molecule has 1 aromatic rings. The van der Waals surface area contributed by atoms with E-state index < -0.39 is 0 Å². The molecule has 1 heterocycles. The topological polar surface area (TPSA) is 36.8 Å². The molecule has 0 radical (unpaired) electrons. The van der Waals surface area contributed by atoms with Gasteiger partial charge >= 0.3 is 0 Å². The van der Waals surface area contributed by atoms with Crippen molar-refractivity contribution in [2.75, 3.05) is 0 Å². The average molecular weight is 279 g/mol. The number of aliphatic imine (C=N–C) groups is 2. The molecule has 108 valence electrons. The van der Waals surface area contributed by atoms with E-state index in [-0.39, 0.29) is 6.17 Å². The molecule has 3 heteroatoms. The van der Waals surface area contributed by atoms with Crippen molar-refractivity contribution in [3.63, 3.8) is 0 Å². The van der Waals surface area contributed by atoms with Crippen LogP contribution in [0.4, 0.5) is 0 Å². The molecule has 0 saturated carbocycles. The first-order valence-electron chi connectivity index (χ1n) is 7.18. The van der Waals surface area contributed by atoms with Gasteiger partial charge in [-0.1, -0.05) is 68.1 Å². The van der Waals surface area contributed by atoms with Crippen molar-refractivity contribution in [1.82, 2.24) is 5.32 Å². The number of benzene rings is 1. The molecule has 0 spiro atoms. The molecule has 2 rings (SSSR count). The highest BCUT2D eigenvalue weighted by Crippen LogP contribution is 2.16. The summed E-state index contributed by atoms with van der Waals surface area (Å²) in [5, 5.41) is 3.24. The maximum Gasteiger partial charge on any atom is 0.169 e. The normalized spacial score (nSPS) is 19.0. The van der Waals surface area contributed by atoms with E-state index in [2.05, 4.69) is 29.9 Å². The van der Waals surface area contributed by atoms with E-state index in [0.29, 0.717) is 0 Å². The lowest BCUT2D eigenvalue weighted by Crippen LogP contribution is -2.35. The standard InChI is InChI=1S/C18H21N3/c1-4-6-11-15(10-5-2)17-19-14(3)20-18(21-17)16-12-8-7-9-13-16/h4,6-13,17H,1,5H2,2-3H3,(H,19,20,21)/b11-6-,15-10+. The Bertz CT molecular complexity index is 607. The van der Waals surface area contributed by atoms with Crippen molar-refractivity contribution in [2.24, 2.45) is 9.98 Å². The van der Waals surface area contributed by atoms with Gasteiger partial charge in [-0.05, 0) is 18.9 Å². The Labute approximate surface area is 126 Å². The van der Waals surface area contributed by atoms with Crippen LogP contribution in [0.15, 0.2) is 76.8 Å². The van der Waals surface area contributed by atoms with Gasteiger partial charge in [0.1, 0.15) is 11.7 Å². The van der Waals surface area contributed by atoms with Crippen LogP contribution in [0.3, 0.4) is 0 Å². The minimum absolute atomic E-state index is 0.197. The van der Waals surface area contributed by atoms with Gasteiger partial charge in [-0.25, -0.2) is 9.98 Å². The number of amidine groups is 2. The summed E-state index contributed by atoms with van der Waals surface area (Å²) in [5.74, 6) is 1.74. The van der Waals surface area contributed by atoms with Gasteiger partial charge in [-0.2, -0.15) is 0 Å². The number of hydrogen-bond donors (Lipinski definition) is 1. The first-order chi connectivity index (χ1) is 10.2. The molecule has 3 nitrogen and oxygen atoms in total. The third-order valence-electron chi connectivity index (χ3n) is 3.08. The summed E-state index contributed by atoms with van der Waals surface area (Å²) < 4.78 is 0. The third kappa shape index (κ3) is 4.02. The maximum atomic E-state index is 4.74. The average Bonchev–Trinajstić information content (AvgIpc) is 2.51. The fraction of sp³-hybridized carbons (Fsp3) is 0.222. The van der Waals surface area contributed by atoms with Crippen LogP contribution < -0.4 is 5.32 Å². The molecule has 1 atom stereocenters. The number of rotatable bonds is 5. The molecule has 0 aliphatic carbocycles. The Balaban J connectivity index is 2.35. The highest BCUT2D eigenvalue weighted by atomic mass is 15.2. The highest BCUT2D eigenvalue weighted by molar-refractivity contribution is 6.10. The predicted molar refractivity (Wildman–Crippen MR) is 90.7 cm³/mol. The third-order valence-corrected chi connectivity index (χ3v) is 3.08. The molecular formula is C18H21N3. The van der Waals surface area contributed by atoms with E-state index in [9.17, 15) is 0 Å². The van der Waals surface area contributed by atoms with Crippen LogP contribution in [-0.4, -0.2) is 17.8 Å². The largest absolute Gasteiger partial charge is 0.329 e. The second-order valence-electron chi connectivity index (χ2n) is 4.76. The van der Waals surface area contributed by atoms with Gasteiger partial charge in [0, 0.05) is 5.56 Å². The summed E-state index contributed by atoms with van der Waals surface area (Å²) in [6, 6.07) is 10.1. The molecular weight excluding hydrogens is 258 g/mol. The second-order valence-corrected chi connectivity index (χ2v) is 4.76. The Hall–Kier alpha value is -2.42. The summed E-state index contributed by atoms with van der Waals surface area (Å²) in [4.78, 5) is 9.33. The van der Waals surface area contributed by atoms with Gasteiger partial charge in [0.15, 0.2) is 6.17 Å². The SMILES string of the molecule is C=C/C=C\C(=C/CC)C1N=C(C)NC(c2ccccc2)=N1. The van der Waals surface area contributed by atoms with Crippen molar-refractivity contribution < 1.29 is 0 Å². The van der Waals surface area contributed by atoms with E-state index in [1.807, 2.05) is 49.4 Å². The molecule has 1 aromatic carbocycles. The molecule has 1 aliphatic rings. The summed E-state index contributed by atoms with van der Waals surface area (Å²) in [7, 11) is 0. The molecule has 1 aliphatic heterocycles. The monoisotopic (exact) mass is 279 g/mol. The molecule has 0 bridgehead atoms. The Morgan fingerprint density at radius 3 is 2.71 bits per heavy atom. The van der Waals surface area contributed by atoms with Crippen molar-refractivity contribution in [3.05, 3.63) is 72.4 Å².